The van der Waals surface area contributed by atoms with Crippen LogP contribution in [0.15, 0.2) is 30.3 Å². The lowest BCUT2D eigenvalue weighted by atomic mass is 10.2. The molecule has 2 saturated heterocycles. The first kappa shape index (κ1) is 11.7. The van der Waals surface area contributed by atoms with Gasteiger partial charge < -0.3 is 10.6 Å². The number of nitrogens with one attached hydrogen (secondary N) is 2. The third-order valence-electron chi connectivity index (χ3n) is 3.85. The van der Waals surface area contributed by atoms with Gasteiger partial charge in [0.05, 0.1) is 6.54 Å². The van der Waals surface area contributed by atoms with Gasteiger partial charge in [0.2, 0.25) is 5.91 Å². The number of nitrogens with zero attached hydrogens (tertiary/aromatic N) is 1. The van der Waals surface area contributed by atoms with Crippen LogP contribution in [0.4, 0.5) is 0 Å². The van der Waals surface area contributed by atoms with Gasteiger partial charge in [-0.15, -0.1) is 0 Å². The molecule has 2 unspecified atom stereocenters. The molecule has 0 saturated carbocycles. The van der Waals surface area contributed by atoms with Crippen LogP contribution in [-0.2, 0) is 11.3 Å². The molecule has 2 aliphatic heterocycles. The maximum Gasteiger partial charge on any atom is 0.234 e. The van der Waals surface area contributed by atoms with Crippen molar-refractivity contribution in [3.05, 3.63) is 35.9 Å². The molecule has 96 valence electrons. The van der Waals surface area contributed by atoms with Crippen LogP contribution >= 0.6 is 0 Å². The number of amides is 1. The van der Waals surface area contributed by atoms with Crippen LogP contribution in [0.25, 0.3) is 0 Å². The lowest BCUT2D eigenvalue weighted by molar-refractivity contribution is -0.122. The van der Waals surface area contributed by atoms with Gasteiger partial charge in [0.1, 0.15) is 0 Å². The van der Waals surface area contributed by atoms with E-state index in [-0.39, 0.29) is 5.91 Å². The van der Waals surface area contributed by atoms with E-state index in [1.165, 1.54) is 6.42 Å². The Morgan fingerprint density at radius 1 is 1.39 bits per heavy atom. The van der Waals surface area contributed by atoms with Gasteiger partial charge >= 0.3 is 0 Å². The van der Waals surface area contributed by atoms with Crippen LogP contribution in [-0.4, -0.2) is 42.5 Å². The van der Waals surface area contributed by atoms with E-state index in [9.17, 15) is 4.79 Å². The Morgan fingerprint density at radius 3 is 2.89 bits per heavy atom. The van der Waals surface area contributed by atoms with Gasteiger partial charge in [0.15, 0.2) is 0 Å². The Labute approximate surface area is 107 Å². The summed E-state index contributed by atoms with van der Waals surface area (Å²) in [4.78, 5) is 14.2. The minimum absolute atomic E-state index is 0.131. The van der Waals surface area contributed by atoms with Crippen LogP contribution in [0.5, 0.6) is 0 Å². The lowest BCUT2D eigenvalue weighted by Crippen LogP contribution is -2.47. The normalized spacial score (nSPS) is 26.4. The molecule has 2 aliphatic rings. The molecule has 18 heavy (non-hydrogen) atoms. The van der Waals surface area contributed by atoms with E-state index in [0.29, 0.717) is 25.2 Å². The number of hydrogen-bond donors (Lipinski definition) is 2. The summed E-state index contributed by atoms with van der Waals surface area (Å²) in [6.45, 7) is 3.22. The van der Waals surface area contributed by atoms with E-state index in [2.05, 4.69) is 15.5 Å². The zero-order chi connectivity index (χ0) is 12.4. The predicted octanol–water partition coefficient (Wildman–Crippen LogP) is 0.349. The SMILES string of the molecule is O=C(CN1CC2CC1CN2)NCc1ccccc1. The van der Waals surface area contributed by atoms with E-state index in [0.717, 1.165) is 18.7 Å². The molecule has 0 radical (unpaired) electrons. The molecule has 4 heteroatoms. The molecular formula is C14H19N3O. The van der Waals surface area contributed by atoms with Crippen LogP contribution in [0.1, 0.15) is 12.0 Å². The van der Waals surface area contributed by atoms with Crippen molar-refractivity contribution in [1.29, 1.82) is 0 Å². The zero-order valence-electron chi connectivity index (χ0n) is 10.4. The highest BCUT2D eigenvalue weighted by Crippen LogP contribution is 2.22. The number of carbonyl (C=O) groups is 1. The highest BCUT2D eigenvalue weighted by Gasteiger charge is 2.37. The maximum atomic E-state index is 11.9. The van der Waals surface area contributed by atoms with Crippen molar-refractivity contribution in [3.63, 3.8) is 0 Å². The van der Waals surface area contributed by atoms with Gasteiger partial charge in [-0.3, -0.25) is 9.69 Å². The molecule has 2 fully saturated rings. The van der Waals surface area contributed by atoms with Gasteiger partial charge in [0.25, 0.3) is 0 Å². The Kier molecular flexibility index (Phi) is 3.30. The summed E-state index contributed by atoms with van der Waals surface area (Å²) in [5.41, 5.74) is 1.15. The van der Waals surface area contributed by atoms with E-state index >= 15 is 0 Å². The largest absolute Gasteiger partial charge is 0.351 e. The summed E-state index contributed by atoms with van der Waals surface area (Å²) in [5, 5.41) is 6.43. The quantitative estimate of drug-likeness (QED) is 0.804. The Bertz CT molecular complexity index is 420. The molecule has 0 aliphatic carbocycles. The number of hydrogen-bond acceptors (Lipinski definition) is 3. The van der Waals surface area contributed by atoms with Crippen LogP contribution in [0, 0.1) is 0 Å². The standard InChI is InChI=1S/C14H19N3O/c18-14(16-7-11-4-2-1-3-5-11)10-17-9-12-6-13(17)8-15-12/h1-5,12-13,15H,6-10H2,(H,16,18). The van der Waals surface area contributed by atoms with Gasteiger partial charge in [-0.25, -0.2) is 0 Å². The van der Waals surface area contributed by atoms with E-state index < -0.39 is 0 Å². The molecule has 1 amide bonds. The first-order valence-electron chi connectivity index (χ1n) is 6.59. The summed E-state index contributed by atoms with van der Waals surface area (Å²) < 4.78 is 0. The van der Waals surface area contributed by atoms with Crippen LogP contribution in [0.2, 0.25) is 0 Å². The third kappa shape index (κ3) is 2.54. The minimum Gasteiger partial charge on any atom is -0.351 e. The second kappa shape index (κ2) is 5.08. The molecule has 1 aromatic rings. The number of carbonyl (C=O) groups excluding carboxylic acids is 1. The second-order valence-electron chi connectivity index (χ2n) is 5.19. The number of fused-ring (bicyclic) bond motifs is 2. The number of benzene rings is 1. The van der Waals surface area contributed by atoms with Gasteiger partial charge in [-0.05, 0) is 12.0 Å². The Morgan fingerprint density at radius 2 is 2.22 bits per heavy atom. The lowest BCUT2D eigenvalue weighted by Gasteiger charge is -2.26. The second-order valence-corrected chi connectivity index (χ2v) is 5.19. The number of likely N-dealkylation sites (tertiary alicyclic amines) is 1. The summed E-state index contributed by atoms with van der Waals surface area (Å²) in [5.74, 6) is 0.131. The molecule has 2 bridgehead atoms. The smallest absolute Gasteiger partial charge is 0.234 e. The van der Waals surface area contributed by atoms with Gasteiger partial charge in [-0.2, -0.15) is 0 Å². The average Bonchev–Trinajstić information content (AvgIpc) is 3.00. The highest BCUT2D eigenvalue weighted by atomic mass is 16.2. The van der Waals surface area contributed by atoms with E-state index in [1.54, 1.807) is 0 Å². The summed E-state index contributed by atoms with van der Waals surface area (Å²) >= 11 is 0. The van der Waals surface area contributed by atoms with Crippen molar-refractivity contribution in [3.8, 4) is 0 Å². The van der Waals surface area contributed by atoms with E-state index in [4.69, 9.17) is 0 Å². The Hall–Kier alpha value is -1.39. The molecule has 3 rings (SSSR count). The van der Waals surface area contributed by atoms with Crippen molar-refractivity contribution in [2.24, 2.45) is 0 Å². The van der Waals surface area contributed by atoms with Crippen molar-refractivity contribution in [1.82, 2.24) is 15.5 Å². The van der Waals surface area contributed by atoms with Gasteiger partial charge in [-0.1, -0.05) is 30.3 Å². The summed E-state index contributed by atoms with van der Waals surface area (Å²) in [7, 11) is 0. The molecule has 0 aromatic heterocycles. The van der Waals surface area contributed by atoms with Crippen LogP contribution in [0.3, 0.4) is 0 Å². The molecule has 1 aromatic carbocycles. The molecule has 0 spiro atoms. The molecule has 2 N–H and O–H groups in total. The van der Waals surface area contributed by atoms with Crippen molar-refractivity contribution >= 4 is 5.91 Å². The fourth-order valence-electron chi connectivity index (χ4n) is 2.88. The first-order valence-corrected chi connectivity index (χ1v) is 6.59. The molecular weight excluding hydrogens is 226 g/mol. The summed E-state index contributed by atoms with van der Waals surface area (Å²) in [6.07, 6.45) is 1.20. The molecule has 2 heterocycles. The van der Waals surface area contributed by atoms with Gasteiger partial charge in [0, 0.05) is 31.7 Å². The third-order valence-corrected chi connectivity index (χ3v) is 3.85. The predicted molar refractivity (Wildman–Crippen MR) is 70.1 cm³/mol. The topological polar surface area (TPSA) is 44.4 Å². The number of piperazine rings is 1. The fourth-order valence-corrected chi connectivity index (χ4v) is 2.88. The molecule has 2 atom stereocenters. The van der Waals surface area contributed by atoms with Crippen molar-refractivity contribution < 1.29 is 4.79 Å². The maximum absolute atomic E-state index is 11.9. The first-order chi connectivity index (χ1) is 8.81. The molecule has 4 nitrogen and oxygen atoms in total. The minimum atomic E-state index is 0.131. The van der Waals surface area contributed by atoms with Crippen LogP contribution < -0.4 is 10.6 Å². The fraction of sp³-hybridized carbons (Fsp3) is 0.500. The number of rotatable bonds is 4. The summed E-state index contributed by atoms with van der Waals surface area (Å²) in [6, 6.07) is 11.2. The monoisotopic (exact) mass is 245 g/mol. The van der Waals surface area contributed by atoms with Crippen molar-refractivity contribution in [2.75, 3.05) is 19.6 Å². The Balaban J connectivity index is 1.45. The van der Waals surface area contributed by atoms with Crippen molar-refractivity contribution in [2.45, 2.75) is 25.0 Å². The zero-order valence-corrected chi connectivity index (χ0v) is 10.4. The average molecular weight is 245 g/mol. The highest BCUT2D eigenvalue weighted by molar-refractivity contribution is 5.78. The van der Waals surface area contributed by atoms with E-state index in [1.807, 2.05) is 30.3 Å².